The van der Waals surface area contributed by atoms with E-state index in [2.05, 4.69) is 6.08 Å². The van der Waals surface area contributed by atoms with E-state index in [1.165, 1.54) is 0 Å². The van der Waals surface area contributed by atoms with Crippen molar-refractivity contribution in [1.82, 2.24) is 0 Å². The molecule has 0 aromatic heterocycles. The molecule has 0 amide bonds. The molecule has 0 aromatic carbocycles. The Kier molecular flexibility index (Phi) is 0.868. The molecule has 0 bridgehead atoms. The monoisotopic (exact) mass is 82.1 g/mol. The highest BCUT2D eigenvalue weighted by molar-refractivity contribution is 4.92. The topological polar surface area (TPSA) is 26.0 Å². The SMILES string of the molecule is NC1C=[C+]CC1. The second kappa shape index (κ2) is 1.38. The molecule has 1 heteroatoms. The van der Waals surface area contributed by atoms with Crippen LogP contribution in [-0.2, 0) is 0 Å². The average molecular weight is 82.1 g/mol. The lowest BCUT2D eigenvalue weighted by atomic mass is 10.3. The van der Waals surface area contributed by atoms with Crippen molar-refractivity contribution in [2.45, 2.75) is 18.9 Å². The van der Waals surface area contributed by atoms with Crippen LogP contribution in [0.25, 0.3) is 0 Å². The summed E-state index contributed by atoms with van der Waals surface area (Å²) in [6, 6.07) is 0.310. The molecule has 32 valence electrons. The van der Waals surface area contributed by atoms with Gasteiger partial charge in [-0.3, -0.25) is 0 Å². The summed E-state index contributed by atoms with van der Waals surface area (Å²) in [7, 11) is 0. The van der Waals surface area contributed by atoms with E-state index in [1.54, 1.807) is 0 Å². The summed E-state index contributed by atoms with van der Waals surface area (Å²) >= 11 is 0. The van der Waals surface area contributed by atoms with Gasteiger partial charge in [0.2, 0.25) is 6.08 Å². The molecule has 1 aliphatic rings. The maximum Gasteiger partial charge on any atom is 0.219 e. The van der Waals surface area contributed by atoms with Gasteiger partial charge in [-0.1, -0.05) is 0 Å². The van der Waals surface area contributed by atoms with Gasteiger partial charge in [0.25, 0.3) is 0 Å². The summed E-state index contributed by atoms with van der Waals surface area (Å²) in [4.78, 5) is 0. The minimum Gasteiger partial charge on any atom is -0.321 e. The Bertz CT molecular complexity index is 66.3. The highest BCUT2D eigenvalue weighted by Gasteiger charge is 2.12. The Labute approximate surface area is 37.8 Å². The highest BCUT2D eigenvalue weighted by atomic mass is 14.6. The Morgan fingerprint density at radius 2 is 2.67 bits per heavy atom. The minimum atomic E-state index is 0.310. The molecule has 0 heterocycles. The number of hydrogen-bond donors (Lipinski definition) is 1. The van der Waals surface area contributed by atoms with E-state index < -0.39 is 0 Å². The van der Waals surface area contributed by atoms with E-state index in [4.69, 9.17) is 5.73 Å². The molecule has 1 unspecified atom stereocenters. The molecule has 0 spiro atoms. The Morgan fingerprint density at radius 1 is 1.83 bits per heavy atom. The van der Waals surface area contributed by atoms with Crippen molar-refractivity contribution in [3.63, 3.8) is 0 Å². The van der Waals surface area contributed by atoms with Crippen LogP contribution in [0.4, 0.5) is 0 Å². The second-order valence-electron chi connectivity index (χ2n) is 1.57. The predicted molar refractivity (Wildman–Crippen MR) is 25.0 cm³/mol. The van der Waals surface area contributed by atoms with Crippen LogP contribution in [0.15, 0.2) is 6.08 Å². The smallest absolute Gasteiger partial charge is 0.219 e. The first kappa shape index (κ1) is 3.79. The fourth-order valence-electron chi connectivity index (χ4n) is 0.568. The lowest BCUT2D eigenvalue weighted by Crippen LogP contribution is -2.11. The van der Waals surface area contributed by atoms with Crippen LogP contribution in [-0.4, -0.2) is 6.04 Å². The van der Waals surface area contributed by atoms with Gasteiger partial charge < -0.3 is 5.73 Å². The van der Waals surface area contributed by atoms with E-state index >= 15 is 0 Å². The lowest BCUT2D eigenvalue weighted by Gasteiger charge is -1.83. The minimum absolute atomic E-state index is 0.310. The first-order valence-electron chi connectivity index (χ1n) is 2.22. The van der Waals surface area contributed by atoms with Crippen LogP contribution < -0.4 is 5.73 Å². The maximum absolute atomic E-state index is 5.42. The maximum atomic E-state index is 5.42. The van der Waals surface area contributed by atoms with Crippen LogP contribution >= 0.6 is 0 Å². The van der Waals surface area contributed by atoms with Gasteiger partial charge in [-0.05, 0) is 0 Å². The molecule has 1 atom stereocenters. The standard InChI is InChI=1S/C5H8N/c6-5-3-1-2-4-5/h4-5H,1,3,6H2/q+1. The number of nitrogens with two attached hydrogens (primary N) is 1. The third-order valence-corrected chi connectivity index (χ3v) is 0.954. The van der Waals surface area contributed by atoms with Gasteiger partial charge >= 0.3 is 0 Å². The third kappa shape index (κ3) is 0.563. The van der Waals surface area contributed by atoms with Gasteiger partial charge in [0.05, 0.1) is 6.04 Å². The van der Waals surface area contributed by atoms with Gasteiger partial charge in [-0.2, -0.15) is 0 Å². The molecular formula is C5H8N+. The molecule has 2 N–H and O–H groups in total. The van der Waals surface area contributed by atoms with Crippen LogP contribution in [0.1, 0.15) is 12.8 Å². The molecule has 1 nitrogen and oxygen atoms in total. The highest BCUT2D eigenvalue weighted by Crippen LogP contribution is 2.03. The largest absolute Gasteiger partial charge is 0.321 e. The normalized spacial score (nSPS) is 30.5. The van der Waals surface area contributed by atoms with Gasteiger partial charge in [0, 0.05) is 6.42 Å². The first-order valence-corrected chi connectivity index (χ1v) is 2.22. The van der Waals surface area contributed by atoms with Crippen LogP contribution in [0.2, 0.25) is 0 Å². The van der Waals surface area contributed by atoms with Crippen LogP contribution in [0, 0.1) is 6.08 Å². The molecule has 0 aliphatic heterocycles. The molecule has 0 fully saturated rings. The molecule has 6 heavy (non-hydrogen) atoms. The van der Waals surface area contributed by atoms with Crippen molar-refractivity contribution in [3.8, 4) is 0 Å². The quantitative estimate of drug-likeness (QED) is 0.422. The van der Waals surface area contributed by atoms with Gasteiger partial charge in [-0.25, -0.2) is 0 Å². The first-order chi connectivity index (χ1) is 2.89. The van der Waals surface area contributed by atoms with Gasteiger partial charge in [0.15, 0.2) is 12.5 Å². The predicted octanol–water partition coefficient (Wildman–Crippen LogP) is 0.467. The Hall–Kier alpha value is -0.390. The van der Waals surface area contributed by atoms with Crippen molar-refractivity contribution < 1.29 is 0 Å². The van der Waals surface area contributed by atoms with E-state index in [1.807, 2.05) is 6.08 Å². The van der Waals surface area contributed by atoms with Crippen molar-refractivity contribution in [2.24, 2.45) is 5.73 Å². The second-order valence-corrected chi connectivity index (χ2v) is 1.57. The fourth-order valence-corrected chi connectivity index (χ4v) is 0.568. The summed E-state index contributed by atoms with van der Waals surface area (Å²) in [6.07, 6.45) is 7.11. The Balaban J connectivity index is 2.38. The molecule has 0 saturated carbocycles. The summed E-state index contributed by atoms with van der Waals surface area (Å²) in [5.74, 6) is 0. The molecular weight excluding hydrogens is 74.1 g/mol. The molecule has 0 saturated heterocycles. The number of rotatable bonds is 0. The average Bonchev–Trinajstić information content (AvgIpc) is 1.86. The summed E-state index contributed by atoms with van der Waals surface area (Å²) < 4.78 is 0. The fraction of sp³-hybridized carbons (Fsp3) is 0.600. The number of allylic oxidation sites excluding steroid dienone is 1. The zero-order valence-corrected chi connectivity index (χ0v) is 3.65. The van der Waals surface area contributed by atoms with Crippen LogP contribution in [0.5, 0.6) is 0 Å². The zero-order valence-electron chi connectivity index (χ0n) is 3.65. The summed E-state index contributed by atoms with van der Waals surface area (Å²) in [5, 5.41) is 0. The van der Waals surface area contributed by atoms with Gasteiger partial charge in [-0.15, -0.1) is 0 Å². The Morgan fingerprint density at radius 3 is 2.83 bits per heavy atom. The van der Waals surface area contributed by atoms with Gasteiger partial charge in [0.1, 0.15) is 0 Å². The molecule has 0 aromatic rings. The van der Waals surface area contributed by atoms with Crippen molar-refractivity contribution in [3.05, 3.63) is 12.2 Å². The molecule has 1 aliphatic carbocycles. The lowest BCUT2D eigenvalue weighted by molar-refractivity contribution is 0.778. The molecule has 1 rings (SSSR count). The van der Waals surface area contributed by atoms with E-state index in [0.29, 0.717) is 6.04 Å². The van der Waals surface area contributed by atoms with Crippen LogP contribution in [0.3, 0.4) is 0 Å². The van der Waals surface area contributed by atoms with E-state index in [9.17, 15) is 0 Å². The summed E-state index contributed by atoms with van der Waals surface area (Å²) in [5.41, 5.74) is 5.42. The zero-order chi connectivity index (χ0) is 4.41. The molecule has 0 radical (unpaired) electrons. The van der Waals surface area contributed by atoms with E-state index in [0.717, 1.165) is 12.8 Å². The van der Waals surface area contributed by atoms with Crippen molar-refractivity contribution in [2.75, 3.05) is 0 Å². The number of hydrogen-bond acceptors (Lipinski definition) is 1. The third-order valence-electron chi connectivity index (χ3n) is 0.954. The van der Waals surface area contributed by atoms with Crippen molar-refractivity contribution >= 4 is 0 Å². The van der Waals surface area contributed by atoms with E-state index in [-0.39, 0.29) is 0 Å². The van der Waals surface area contributed by atoms with Crippen molar-refractivity contribution in [1.29, 1.82) is 0 Å². The summed E-state index contributed by atoms with van der Waals surface area (Å²) in [6.45, 7) is 0.